The van der Waals surface area contributed by atoms with Crippen molar-refractivity contribution in [3.63, 3.8) is 0 Å². The van der Waals surface area contributed by atoms with Gasteiger partial charge in [-0.25, -0.2) is 22.0 Å². The minimum absolute atomic E-state index is 0.103. The van der Waals surface area contributed by atoms with Crippen molar-refractivity contribution in [3.05, 3.63) is 88.7 Å². The van der Waals surface area contributed by atoms with Crippen LogP contribution in [0.3, 0.4) is 0 Å². The lowest BCUT2D eigenvalue weighted by atomic mass is 9.85. The second-order valence-corrected chi connectivity index (χ2v) is 10.1. The molecule has 0 bridgehead atoms. The molecule has 0 saturated carbocycles. The Balaban J connectivity index is 1.54. The van der Waals surface area contributed by atoms with E-state index in [1.807, 2.05) is 6.92 Å². The molecule has 3 aromatic carbocycles. The van der Waals surface area contributed by atoms with Crippen molar-refractivity contribution >= 4 is 0 Å². The first-order chi connectivity index (χ1) is 18.8. The molecule has 0 atom stereocenters. The summed E-state index contributed by atoms with van der Waals surface area (Å²) in [5.41, 5.74) is -3.03. The van der Waals surface area contributed by atoms with Crippen LogP contribution in [-0.2, 0) is 21.6 Å². The molecular formula is C29H27F7O4. The molecule has 1 fully saturated rings. The first-order valence-corrected chi connectivity index (χ1v) is 12.6. The smallest absolute Gasteiger partial charge is 0.429 e. The highest BCUT2D eigenvalue weighted by molar-refractivity contribution is 5.65. The van der Waals surface area contributed by atoms with Crippen LogP contribution in [0.25, 0.3) is 11.1 Å². The van der Waals surface area contributed by atoms with Crippen molar-refractivity contribution in [2.24, 2.45) is 5.41 Å². The van der Waals surface area contributed by atoms with E-state index in [9.17, 15) is 31.4 Å². The minimum Gasteiger partial charge on any atom is -0.429 e. The quantitative estimate of drug-likeness (QED) is 0.209. The van der Waals surface area contributed by atoms with E-state index >= 15 is 4.39 Å². The molecule has 0 radical (unpaired) electrons. The summed E-state index contributed by atoms with van der Waals surface area (Å²) in [5.74, 6) is -10.5. The largest absolute Gasteiger partial charge is 0.432 e. The number of unbranched alkanes of at least 4 members (excludes halogenated alkanes) is 2. The van der Waals surface area contributed by atoms with Crippen molar-refractivity contribution in [2.75, 3.05) is 13.2 Å². The van der Waals surface area contributed by atoms with Crippen molar-refractivity contribution < 1.29 is 50.1 Å². The Morgan fingerprint density at radius 2 is 1.48 bits per heavy atom. The number of hydrogen-bond acceptors (Lipinski definition) is 4. The van der Waals surface area contributed by atoms with Crippen LogP contribution in [0, 0.1) is 34.5 Å². The fourth-order valence-electron chi connectivity index (χ4n) is 4.43. The molecule has 1 heterocycles. The van der Waals surface area contributed by atoms with E-state index in [4.69, 9.17) is 9.47 Å². The molecule has 1 aliphatic rings. The Morgan fingerprint density at radius 3 is 2.05 bits per heavy atom. The van der Waals surface area contributed by atoms with Crippen LogP contribution < -0.4 is 4.74 Å². The fourth-order valence-corrected chi connectivity index (χ4v) is 4.43. The van der Waals surface area contributed by atoms with Gasteiger partial charge in [0.15, 0.2) is 11.6 Å². The van der Waals surface area contributed by atoms with Crippen molar-refractivity contribution in [1.82, 2.24) is 0 Å². The number of hydrogen-bond donors (Lipinski definition) is 1. The van der Waals surface area contributed by atoms with Gasteiger partial charge in [0, 0.05) is 22.6 Å². The van der Waals surface area contributed by atoms with Crippen LogP contribution >= 0.6 is 0 Å². The lowest BCUT2D eigenvalue weighted by Gasteiger charge is -2.42. The monoisotopic (exact) mass is 572 g/mol. The Hall–Kier alpha value is -3.15. The maximum Gasteiger partial charge on any atom is 0.432 e. The van der Waals surface area contributed by atoms with E-state index in [0.717, 1.165) is 37.8 Å². The normalized spacial score (nSPS) is 21.4. The molecule has 3 aromatic rings. The predicted octanol–water partition coefficient (Wildman–Crippen LogP) is 7.91. The van der Waals surface area contributed by atoms with Crippen molar-refractivity contribution in [1.29, 1.82) is 0 Å². The zero-order valence-corrected chi connectivity index (χ0v) is 21.7. The van der Waals surface area contributed by atoms with E-state index in [0.29, 0.717) is 30.3 Å². The second kappa shape index (κ2) is 11.4. The average Bonchev–Trinajstić information content (AvgIpc) is 2.87. The van der Waals surface area contributed by atoms with Crippen LogP contribution in [0.4, 0.5) is 30.7 Å². The standard InChI is InChI=1S/C29H27F7O4/c1-3-4-5-10-27(2)15-38-29(37,39-16-27)18-6-8-20(22(31)13-18)17-11-24(33)26(25(34)12-17)28(35,36)40-19-7-9-21(30)23(32)14-19/h6-9,11-14,37H,3-5,10,15-16H2,1-2H3. The third kappa shape index (κ3) is 6.26. The van der Waals surface area contributed by atoms with Gasteiger partial charge in [-0.3, -0.25) is 0 Å². The van der Waals surface area contributed by atoms with E-state index in [1.54, 1.807) is 0 Å². The summed E-state index contributed by atoms with van der Waals surface area (Å²) in [6.07, 6.45) is -0.785. The first-order valence-electron chi connectivity index (χ1n) is 12.6. The predicted molar refractivity (Wildman–Crippen MR) is 131 cm³/mol. The van der Waals surface area contributed by atoms with E-state index in [1.165, 1.54) is 6.07 Å². The van der Waals surface area contributed by atoms with Gasteiger partial charge in [-0.05, 0) is 42.3 Å². The summed E-state index contributed by atoms with van der Waals surface area (Å²) in [6.45, 7) is 4.32. The minimum atomic E-state index is -4.62. The van der Waals surface area contributed by atoms with Crippen LogP contribution in [0.15, 0.2) is 48.5 Å². The zero-order chi connectivity index (χ0) is 29.3. The highest BCUT2D eigenvalue weighted by Gasteiger charge is 2.44. The molecule has 0 aliphatic carbocycles. The molecule has 0 aromatic heterocycles. The molecule has 4 rings (SSSR count). The molecule has 216 valence electrons. The maximum absolute atomic E-state index is 15.1. The van der Waals surface area contributed by atoms with Gasteiger partial charge in [-0.2, -0.15) is 8.78 Å². The molecule has 1 saturated heterocycles. The van der Waals surface area contributed by atoms with Gasteiger partial charge >= 0.3 is 12.1 Å². The summed E-state index contributed by atoms with van der Waals surface area (Å²) in [4.78, 5) is 0. The van der Waals surface area contributed by atoms with Crippen LogP contribution in [0.5, 0.6) is 5.75 Å². The third-order valence-electron chi connectivity index (χ3n) is 6.73. The number of alkyl halides is 2. The lowest BCUT2D eigenvalue weighted by molar-refractivity contribution is -0.415. The lowest BCUT2D eigenvalue weighted by Crippen LogP contribution is -2.46. The molecule has 4 nitrogen and oxygen atoms in total. The first kappa shape index (κ1) is 29.8. The number of aliphatic hydroxyl groups is 1. The summed E-state index contributed by atoms with van der Waals surface area (Å²) in [5, 5.41) is 10.8. The van der Waals surface area contributed by atoms with Gasteiger partial charge in [0.05, 0.1) is 13.2 Å². The second-order valence-electron chi connectivity index (χ2n) is 10.1. The Bertz CT molecular complexity index is 1350. The Labute approximate surface area is 226 Å². The Kier molecular flexibility index (Phi) is 8.49. The molecule has 1 aliphatic heterocycles. The highest BCUT2D eigenvalue weighted by Crippen LogP contribution is 2.40. The van der Waals surface area contributed by atoms with Gasteiger partial charge < -0.3 is 19.3 Å². The van der Waals surface area contributed by atoms with Gasteiger partial charge in [-0.15, -0.1) is 0 Å². The molecule has 0 amide bonds. The zero-order valence-electron chi connectivity index (χ0n) is 21.7. The van der Waals surface area contributed by atoms with Crippen molar-refractivity contribution in [2.45, 2.75) is 51.6 Å². The molecular weight excluding hydrogens is 545 g/mol. The Morgan fingerprint density at radius 1 is 0.825 bits per heavy atom. The van der Waals surface area contributed by atoms with Gasteiger partial charge in [0.2, 0.25) is 0 Å². The topological polar surface area (TPSA) is 47.9 Å². The number of benzene rings is 3. The number of rotatable bonds is 9. The van der Waals surface area contributed by atoms with Crippen molar-refractivity contribution in [3.8, 4) is 16.9 Å². The number of halogens is 7. The van der Waals surface area contributed by atoms with Crippen LogP contribution in [0.1, 0.15) is 50.7 Å². The summed E-state index contributed by atoms with van der Waals surface area (Å²) < 4.78 is 116. The third-order valence-corrected chi connectivity index (χ3v) is 6.73. The summed E-state index contributed by atoms with van der Waals surface area (Å²) in [7, 11) is 0. The molecule has 11 heteroatoms. The van der Waals surface area contributed by atoms with E-state index in [2.05, 4.69) is 11.7 Å². The summed E-state index contributed by atoms with van der Waals surface area (Å²) in [6, 6.07) is 5.59. The molecule has 40 heavy (non-hydrogen) atoms. The summed E-state index contributed by atoms with van der Waals surface area (Å²) >= 11 is 0. The fraction of sp³-hybridized carbons (Fsp3) is 0.379. The molecule has 0 unspecified atom stereocenters. The average molecular weight is 573 g/mol. The van der Waals surface area contributed by atoms with Crippen LogP contribution in [-0.4, -0.2) is 18.3 Å². The number of ether oxygens (including phenoxy) is 3. The maximum atomic E-state index is 15.1. The molecule has 1 N–H and O–H groups in total. The van der Waals surface area contributed by atoms with Gasteiger partial charge in [0.25, 0.3) is 0 Å². The van der Waals surface area contributed by atoms with Gasteiger partial charge in [0.1, 0.15) is 28.8 Å². The van der Waals surface area contributed by atoms with E-state index in [-0.39, 0.29) is 29.8 Å². The van der Waals surface area contributed by atoms with Gasteiger partial charge in [-0.1, -0.05) is 45.2 Å². The SMILES string of the molecule is CCCCCC1(C)COC(O)(c2ccc(-c3cc(F)c(C(F)(F)Oc4ccc(F)c(F)c4)c(F)c3)c(F)c2)OC1. The molecule has 0 spiro atoms. The highest BCUT2D eigenvalue weighted by atomic mass is 19.3. The van der Waals surface area contributed by atoms with Crippen LogP contribution in [0.2, 0.25) is 0 Å². The van der Waals surface area contributed by atoms with E-state index < -0.39 is 58.0 Å².